The third kappa shape index (κ3) is 4.56. The van der Waals surface area contributed by atoms with Crippen molar-refractivity contribution in [1.29, 1.82) is 5.26 Å². The monoisotopic (exact) mass is 198 g/mol. The molecule has 4 nitrogen and oxygen atoms in total. The molecule has 0 amide bonds. The van der Waals surface area contributed by atoms with E-state index in [1.54, 1.807) is 7.11 Å². The lowest BCUT2D eigenvalue weighted by molar-refractivity contribution is 0.00477. The van der Waals surface area contributed by atoms with Gasteiger partial charge in [0.2, 0.25) is 0 Å². The van der Waals surface area contributed by atoms with Crippen molar-refractivity contribution in [3.63, 3.8) is 0 Å². The van der Waals surface area contributed by atoms with Crippen molar-refractivity contribution in [2.24, 2.45) is 0 Å². The van der Waals surface area contributed by atoms with Crippen molar-refractivity contribution in [3.05, 3.63) is 0 Å². The van der Waals surface area contributed by atoms with E-state index in [-0.39, 0.29) is 12.1 Å². The third-order valence-corrected chi connectivity index (χ3v) is 2.12. The number of ether oxygens (including phenoxy) is 2. The second kappa shape index (κ2) is 5.97. The molecule has 1 saturated carbocycles. The van der Waals surface area contributed by atoms with Crippen molar-refractivity contribution in [3.8, 4) is 6.07 Å². The molecule has 0 aliphatic heterocycles. The van der Waals surface area contributed by atoms with Gasteiger partial charge in [-0.05, 0) is 19.8 Å². The minimum atomic E-state index is -0.179. The molecule has 1 aliphatic carbocycles. The highest BCUT2D eigenvalue weighted by Crippen LogP contribution is 2.19. The molecule has 0 spiro atoms. The summed E-state index contributed by atoms with van der Waals surface area (Å²) in [5, 5.41) is 12.0. The van der Waals surface area contributed by atoms with Crippen LogP contribution in [0, 0.1) is 11.3 Å². The summed E-state index contributed by atoms with van der Waals surface area (Å²) >= 11 is 0. The molecule has 0 bridgehead atoms. The second-order valence-electron chi connectivity index (χ2n) is 3.72. The standard InChI is InChI=1S/C10H18N2O2/c1-8(6-13-2)14-7-10(5-11)12-9-3-4-9/h8-10,12H,3-4,6-7H2,1-2H3. The van der Waals surface area contributed by atoms with Crippen LogP contribution < -0.4 is 5.32 Å². The quantitative estimate of drug-likeness (QED) is 0.653. The van der Waals surface area contributed by atoms with Gasteiger partial charge in [0.1, 0.15) is 6.04 Å². The van der Waals surface area contributed by atoms with Crippen molar-refractivity contribution < 1.29 is 9.47 Å². The van der Waals surface area contributed by atoms with Gasteiger partial charge >= 0.3 is 0 Å². The lowest BCUT2D eigenvalue weighted by Gasteiger charge is -2.15. The molecule has 0 aromatic heterocycles. The molecule has 4 heteroatoms. The van der Waals surface area contributed by atoms with Gasteiger partial charge in [0.15, 0.2) is 0 Å². The van der Waals surface area contributed by atoms with Crippen LogP contribution in [0.3, 0.4) is 0 Å². The summed E-state index contributed by atoms with van der Waals surface area (Å²) in [6, 6.07) is 2.56. The molecule has 1 rings (SSSR count). The highest BCUT2D eigenvalue weighted by molar-refractivity contribution is 4.95. The maximum absolute atomic E-state index is 8.82. The summed E-state index contributed by atoms with van der Waals surface area (Å²) in [5.74, 6) is 0. The predicted octanol–water partition coefficient (Wildman–Crippen LogP) is 0.682. The van der Waals surface area contributed by atoms with Crippen molar-refractivity contribution in [2.75, 3.05) is 20.3 Å². The molecule has 0 heterocycles. The zero-order valence-corrected chi connectivity index (χ0v) is 8.82. The van der Waals surface area contributed by atoms with Crippen molar-refractivity contribution in [2.45, 2.75) is 38.0 Å². The molecule has 2 unspecified atom stereocenters. The molecular weight excluding hydrogens is 180 g/mol. The number of hydrogen-bond acceptors (Lipinski definition) is 4. The van der Waals surface area contributed by atoms with Gasteiger partial charge in [-0.2, -0.15) is 5.26 Å². The molecule has 2 atom stereocenters. The Morgan fingerprint density at radius 3 is 2.71 bits per heavy atom. The van der Waals surface area contributed by atoms with E-state index in [2.05, 4.69) is 11.4 Å². The lowest BCUT2D eigenvalue weighted by atomic mass is 10.3. The van der Waals surface area contributed by atoms with E-state index in [1.807, 2.05) is 6.92 Å². The van der Waals surface area contributed by atoms with Crippen LogP contribution in [-0.4, -0.2) is 38.5 Å². The van der Waals surface area contributed by atoms with Crippen LogP contribution in [-0.2, 0) is 9.47 Å². The van der Waals surface area contributed by atoms with E-state index < -0.39 is 0 Å². The van der Waals surface area contributed by atoms with Crippen LogP contribution in [0.15, 0.2) is 0 Å². The fourth-order valence-corrected chi connectivity index (χ4v) is 1.20. The van der Waals surface area contributed by atoms with Gasteiger partial charge in [0.05, 0.1) is 25.4 Å². The lowest BCUT2D eigenvalue weighted by Crippen LogP contribution is -2.35. The first-order chi connectivity index (χ1) is 6.76. The van der Waals surface area contributed by atoms with Gasteiger partial charge in [-0.15, -0.1) is 0 Å². The highest BCUT2D eigenvalue weighted by Gasteiger charge is 2.24. The zero-order valence-electron chi connectivity index (χ0n) is 8.82. The van der Waals surface area contributed by atoms with Crippen LogP contribution in [0.4, 0.5) is 0 Å². The number of methoxy groups -OCH3 is 1. The maximum Gasteiger partial charge on any atom is 0.119 e. The highest BCUT2D eigenvalue weighted by atomic mass is 16.5. The largest absolute Gasteiger partial charge is 0.382 e. The number of nitrogens with one attached hydrogen (secondary N) is 1. The van der Waals surface area contributed by atoms with Gasteiger partial charge in [-0.1, -0.05) is 0 Å². The van der Waals surface area contributed by atoms with Crippen molar-refractivity contribution in [1.82, 2.24) is 5.32 Å². The first-order valence-corrected chi connectivity index (χ1v) is 5.02. The Morgan fingerprint density at radius 1 is 1.50 bits per heavy atom. The molecule has 0 saturated heterocycles. The van der Waals surface area contributed by atoms with Crippen LogP contribution in [0.5, 0.6) is 0 Å². The fraction of sp³-hybridized carbons (Fsp3) is 0.900. The van der Waals surface area contributed by atoms with Gasteiger partial charge in [0, 0.05) is 13.2 Å². The number of rotatable bonds is 7. The topological polar surface area (TPSA) is 54.3 Å². The summed E-state index contributed by atoms with van der Waals surface area (Å²) in [4.78, 5) is 0. The van der Waals surface area contributed by atoms with Gasteiger partial charge in [-0.3, -0.25) is 5.32 Å². The van der Waals surface area contributed by atoms with Crippen LogP contribution in [0.25, 0.3) is 0 Å². The Labute approximate surface area is 85.2 Å². The molecule has 1 aliphatic rings. The van der Waals surface area contributed by atoms with Gasteiger partial charge in [0.25, 0.3) is 0 Å². The van der Waals surface area contributed by atoms with E-state index >= 15 is 0 Å². The molecule has 14 heavy (non-hydrogen) atoms. The van der Waals surface area contributed by atoms with Gasteiger partial charge < -0.3 is 9.47 Å². The summed E-state index contributed by atoms with van der Waals surface area (Å²) in [5.41, 5.74) is 0. The smallest absolute Gasteiger partial charge is 0.119 e. The van der Waals surface area contributed by atoms with Crippen LogP contribution in [0.1, 0.15) is 19.8 Å². The average molecular weight is 198 g/mol. The number of nitrogens with zero attached hydrogens (tertiary/aromatic N) is 1. The molecule has 1 N–H and O–H groups in total. The number of hydrogen-bond donors (Lipinski definition) is 1. The van der Waals surface area contributed by atoms with E-state index in [0.29, 0.717) is 19.3 Å². The minimum absolute atomic E-state index is 0.0526. The Morgan fingerprint density at radius 2 is 2.21 bits per heavy atom. The SMILES string of the molecule is COCC(C)OCC(C#N)NC1CC1. The molecule has 0 radical (unpaired) electrons. The van der Waals surface area contributed by atoms with Crippen LogP contribution in [0.2, 0.25) is 0 Å². The predicted molar refractivity (Wildman–Crippen MR) is 52.8 cm³/mol. The van der Waals surface area contributed by atoms with Crippen molar-refractivity contribution >= 4 is 0 Å². The fourth-order valence-electron chi connectivity index (χ4n) is 1.20. The summed E-state index contributed by atoms with van der Waals surface area (Å²) in [6.45, 7) is 2.95. The first kappa shape index (κ1) is 11.4. The van der Waals surface area contributed by atoms with Gasteiger partial charge in [-0.25, -0.2) is 0 Å². The zero-order chi connectivity index (χ0) is 10.4. The maximum atomic E-state index is 8.82. The Balaban J connectivity index is 2.10. The second-order valence-corrected chi connectivity index (χ2v) is 3.72. The van der Waals surface area contributed by atoms with E-state index in [9.17, 15) is 0 Å². The molecule has 80 valence electrons. The molecule has 0 aromatic carbocycles. The van der Waals surface area contributed by atoms with E-state index in [0.717, 1.165) is 0 Å². The Bertz CT molecular complexity index is 199. The normalized spacial score (nSPS) is 20.1. The minimum Gasteiger partial charge on any atom is -0.382 e. The summed E-state index contributed by atoms with van der Waals surface area (Å²) in [6.07, 6.45) is 2.43. The first-order valence-electron chi connectivity index (χ1n) is 5.02. The number of nitriles is 1. The summed E-state index contributed by atoms with van der Waals surface area (Å²) in [7, 11) is 1.64. The van der Waals surface area contributed by atoms with E-state index in [4.69, 9.17) is 14.7 Å². The Hall–Kier alpha value is -0.630. The average Bonchev–Trinajstić information content (AvgIpc) is 2.96. The Kier molecular flexibility index (Phi) is 4.88. The summed E-state index contributed by atoms with van der Waals surface area (Å²) < 4.78 is 10.4. The van der Waals surface area contributed by atoms with E-state index in [1.165, 1.54) is 12.8 Å². The molecule has 1 fully saturated rings. The van der Waals surface area contributed by atoms with Crippen LogP contribution >= 0.6 is 0 Å². The molecule has 0 aromatic rings. The molecular formula is C10H18N2O2. The third-order valence-electron chi connectivity index (χ3n) is 2.12.